The summed E-state index contributed by atoms with van der Waals surface area (Å²) in [6.07, 6.45) is 2.10. The quantitative estimate of drug-likeness (QED) is 0.820. The zero-order chi connectivity index (χ0) is 12.4. The van der Waals surface area contributed by atoms with Crippen LogP contribution in [-0.2, 0) is 16.1 Å². The lowest BCUT2D eigenvalue weighted by molar-refractivity contribution is -0.150. The molecule has 2 heterocycles. The number of aromatic nitrogens is 1. The summed E-state index contributed by atoms with van der Waals surface area (Å²) in [5, 5.41) is 6.25. The minimum Gasteiger partial charge on any atom is -0.360 e. The third-order valence-corrected chi connectivity index (χ3v) is 2.90. The second-order valence-electron chi connectivity index (χ2n) is 4.10. The maximum atomic E-state index is 12.0. The summed E-state index contributed by atoms with van der Waals surface area (Å²) in [7, 11) is 0. The lowest BCUT2D eigenvalue weighted by atomic mass is 10.1. The molecule has 17 heavy (non-hydrogen) atoms. The minimum atomic E-state index is -0.478. The van der Waals surface area contributed by atoms with E-state index in [0.29, 0.717) is 12.2 Å². The van der Waals surface area contributed by atoms with E-state index in [4.69, 9.17) is 4.52 Å². The van der Waals surface area contributed by atoms with Gasteiger partial charge in [-0.2, -0.15) is 0 Å². The first-order chi connectivity index (χ1) is 8.13. The Labute approximate surface area is 98.9 Å². The highest BCUT2D eigenvalue weighted by molar-refractivity contribution is 5.96. The summed E-state index contributed by atoms with van der Waals surface area (Å²) in [5.41, 5.74) is 0. The van der Waals surface area contributed by atoms with Gasteiger partial charge in [-0.15, -0.1) is 0 Å². The molecule has 1 fully saturated rings. The van der Waals surface area contributed by atoms with Crippen molar-refractivity contribution in [1.82, 2.24) is 15.4 Å². The highest BCUT2D eigenvalue weighted by Crippen LogP contribution is 2.16. The average molecular weight is 237 g/mol. The van der Waals surface area contributed by atoms with Crippen molar-refractivity contribution in [2.75, 3.05) is 0 Å². The molecule has 1 aromatic rings. The molecule has 0 saturated carbocycles. The first kappa shape index (κ1) is 11.6. The summed E-state index contributed by atoms with van der Waals surface area (Å²) < 4.78 is 4.97. The number of nitrogens with zero attached hydrogens (tertiary/aromatic N) is 2. The van der Waals surface area contributed by atoms with Crippen LogP contribution >= 0.6 is 0 Å². The van der Waals surface area contributed by atoms with Crippen LogP contribution in [0, 0.1) is 0 Å². The van der Waals surface area contributed by atoms with Gasteiger partial charge in [-0.3, -0.25) is 9.59 Å². The van der Waals surface area contributed by atoms with E-state index in [-0.39, 0.29) is 18.4 Å². The predicted octanol–water partition coefficient (Wildman–Crippen LogP) is 0.300. The van der Waals surface area contributed by atoms with Gasteiger partial charge in [-0.25, -0.2) is 0 Å². The van der Waals surface area contributed by atoms with Crippen molar-refractivity contribution in [3.63, 3.8) is 0 Å². The van der Waals surface area contributed by atoms with E-state index in [1.54, 1.807) is 17.9 Å². The molecule has 1 aliphatic rings. The van der Waals surface area contributed by atoms with Gasteiger partial charge >= 0.3 is 0 Å². The summed E-state index contributed by atoms with van der Waals surface area (Å²) in [6, 6.07) is 0.786. The molecule has 2 amide bonds. The lowest BCUT2D eigenvalue weighted by Crippen LogP contribution is -2.61. The normalized spacial score (nSPS) is 24.9. The number of rotatable bonds is 3. The molecular weight excluding hydrogens is 222 g/mol. The number of carbonyl (C=O) groups is 2. The van der Waals surface area contributed by atoms with Crippen LogP contribution in [-0.4, -0.2) is 34.0 Å². The molecule has 2 unspecified atom stereocenters. The first-order valence-corrected chi connectivity index (χ1v) is 5.64. The van der Waals surface area contributed by atoms with E-state index in [0.717, 1.165) is 0 Å². The summed E-state index contributed by atoms with van der Waals surface area (Å²) in [5.74, 6) is 0.380. The molecule has 1 aromatic heterocycles. The summed E-state index contributed by atoms with van der Waals surface area (Å²) >= 11 is 0. The van der Waals surface area contributed by atoms with E-state index in [1.165, 1.54) is 6.20 Å². The molecule has 0 bridgehead atoms. The van der Waals surface area contributed by atoms with Crippen LogP contribution in [0.15, 0.2) is 16.8 Å². The van der Waals surface area contributed by atoms with Crippen molar-refractivity contribution in [3.8, 4) is 0 Å². The predicted molar refractivity (Wildman–Crippen MR) is 58.7 cm³/mol. The number of nitrogens with one attached hydrogen (secondary N) is 1. The van der Waals surface area contributed by atoms with Crippen molar-refractivity contribution in [1.29, 1.82) is 0 Å². The molecule has 0 aliphatic carbocycles. The van der Waals surface area contributed by atoms with Crippen LogP contribution in [0.2, 0.25) is 0 Å². The summed E-state index contributed by atoms with van der Waals surface area (Å²) in [6.45, 7) is 3.84. The van der Waals surface area contributed by atoms with Crippen molar-refractivity contribution in [2.24, 2.45) is 0 Å². The average Bonchev–Trinajstić information content (AvgIpc) is 2.78. The zero-order valence-electron chi connectivity index (χ0n) is 9.84. The van der Waals surface area contributed by atoms with Crippen LogP contribution in [0.1, 0.15) is 26.0 Å². The van der Waals surface area contributed by atoms with Crippen LogP contribution in [0.5, 0.6) is 0 Å². The number of piperazine rings is 1. The fraction of sp³-hybridized carbons (Fsp3) is 0.545. The second-order valence-corrected chi connectivity index (χ2v) is 4.10. The number of hydrogen-bond acceptors (Lipinski definition) is 4. The van der Waals surface area contributed by atoms with Gasteiger partial charge in [0.15, 0.2) is 5.76 Å². The Bertz CT molecular complexity index is 416. The smallest absolute Gasteiger partial charge is 0.245 e. The van der Waals surface area contributed by atoms with E-state index in [1.807, 2.05) is 6.92 Å². The number of carbonyl (C=O) groups excluding carboxylic acids is 2. The third kappa shape index (κ3) is 2.15. The largest absolute Gasteiger partial charge is 0.360 e. The third-order valence-electron chi connectivity index (χ3n) is 2.90. The van der Waals surface area contributed by atoms with Crippen molar-refractivity contribution in [2.45, 2.75) is 38.9 Å². The maximum absolute atomic E-state index is 12.0. The minimum absolute atomic E-state index is 0.0900. The van der Waals surface area contributed by atoms with Gasteiger partial charge in [0.1, 0.15) is 12.1 Å². The van der Waals surface area contributed by atoms with Gasteiger partial charge in [0, 0.05) is 6.07 Å². The highest BCUT2D eigenvalue weighted by Gasteiger charge is 2.37. The first-order valence-electron chi connectivity index (χ1n) is 5.64. The zero-order valence-corrected chi connectivity index (χ0v) is 9.84. The molecule has 1 N–H and O–H groups in total. The van der Waals surface area contributed by atoms with Gasteiger partial charge in [-0.1, -0.05) is 12.1 Å². The van der Waals surface area contributed by atoms with Crippen molar-refractivity contribution < 1.29 is 14.1 Å². The fourth-order valence-corrected chi connectivity index (χ4v) is 2.00. The molecule has 6 heteroatoms. The SMILES string of the molecule is CCC1C(=O)NC(C)C(=O)N1Cc1ccno1. The highest BCUT2D eigenvalue weighted by atomic mass is 16.5. The van der Waals surface area contributed by atoms with Crippen molar-refractivity contribution >= 4 is 11.8 Å². The Morgan fingerprint density at radius 1 is 1.53 bits per heavy atom. The standard InChI is InChI=1S/C11H15N3O3/c1-3-9-10(15)13-7(2)11(16)14(9)6-8-4-5-12-17-8/h4-5,7,9H,3,6H2,1-2H3,(H,13,15). The topological polar surface area (TPSA) is 75.4 Å². The molecule has 0 radical (unpaired) electrons. The molecular formula is C11H15N3O3. The maximum Gasteiger partial charge on any atom is 0.245 e. The Morgan fingerprint density at radius 2 is 2.29 bits per heavy atom. The Hall–Kier alpha value is -1.85. The fourth-order valence-electron chi connectivity index (χ4n) is 2.00. The van der Waals surface area contributed by atoms with E-state index in [2.05, 4.69) is 10.5 Å². The van der Waals surface area contributed by atoms with Crippen LogP contribution in [0.3, 0.4) is 0 Å². The van der Waals surface area contributed by atoms with E-state index in [9.17, 15) is 9.59 Å². The lowest BCUT2D eigenvalue weighted by Gasteiger charge is -2.36. The molecule has 0 spiro atoms. The Kier molecular flexibility index (Phi) is 3.12. The van der Waals surface area contributed by atoms with Crippen LogP contribution < -0.4 is 5.32 Å². The van der Waals surface area contributed by atoms with Gasteiger partial charge in [-0.05, 0) is 13.3 Å². The molecule has 2 rings (SSSR count). The van der Waals surface area contributed by atoms with E-state index >= 15 is 0 Å². The van der Waals surface area contributed by atoms with E-state index < -0.39 is 12.1 Å². The number of amides is 2. The molecule has 1 saturated heterocycles. The molecule has 1 aliphatic heterocycles. The van der Waals surface area contributed by atoms with Gasteiger partial charge in [0.25, 0.3) is 0 Å². The molecule has 92 valence electrons. The monoisotopic (exact) mass is 237 g/mol. The Morgan fingerprint density at radius 3 is 2.88 bits per heavy atom. The molecule has 6 nitrogen and oxygen atoms in total. The molecule has 0 aromatic carbocycles. The van der Waals surface area contributed by atoms with Gasteiger partial charge in [0.2, 0.25) is 11.8 Å². The molecule has 2 atom stereocenters. The van der Waals surface area contributed by atoms with Gasteiger partial charge in [0.05, 0.1) is 12.7 Å². The summed E-state index contributed by atoms with van der Waals surface area (Å²) in [4.78, 5) is 25.3. The second kappa shape index (κ2) is 4.57. The van der Waals surface area contributed by atoms with Gasteiger partial charge < -0.3 is 14.7 Å². The Balaban J connectivity index is 2.20. The van der Waals surface area contributed by atoms with Crippen LogP contribution in [0.25, 0.3) is 0 Å². The van der Waals surface area contributed by atoms with Crippen molar-refractivity contribution in [3.05, 3.63) is 18.0 Å². The number of hydrogen-bond donors (Lipinski definition) is 1. The van der Waals surface area contributed by atoms with Crippen LogP contribution in [0.4, 0.5) is 0 Å².